The third kappa shape index (κ3) is 11.2. The zero-order chi connectivity index (χ0) is 29.8. The zero-order valence-corrected chi connectivity index (χ0v) is 24.4. The predicted octanol–water partition coefficient (Wildman–Crippen LogP) is 8.43. The number of hydrogen-bond acceptors (Lipinski definition) is 7. The molecule has 1 aromatic carbocycles. The summed E-state index contributed by atoms with van der Waals surface area (Å²) >= 11 is 12.3. The molecule has 0 saturated heterocycles. The molecule has 0 spiro atoms. The third-order valence-corrected chi connectivity index (χ3v) is 6.56. The summed E-state index contributed by atoms with van der Waals surface area (Å²) in [5.74, 6) is 0.430. The molecule has 0 N–H and O–H groups in total. The number of thioether (sulfide) groups is 1. The maximum Gasteiger partial charge on any atom is 0.416 e. The van der Waals surface area contributed by atoms with Crippen LogP contribution in [-0.4, -0.2) is 50.9 Å². The lowest BCUT2D eigenvalue weighted by atomic mass is 10.1. The van der Waals surface area contributed by atoms with Crippen LogP contribution in [0.15, 0.2) is 22.7 Å². The lowest BCUT2D eigenvalue weighted by molar-refractivity contribution is -0.393. The molecule has 0 fully saturated rings. The van der Waals surface area contributed by atoms with Crippen LogP contribution in [0.2, 0.25) is 0 Å². The van der Waals surface area contributed by atoms with Crippen LogP contribution in [0.4, 0.5) is 35.0 Å². The molecule has 1 aromatic rings. The van der Waals surface area contributed by atoms with Gasteiger partial charge in [-0.1, -0.05) is 48.8 Å². The molecule has 0 atom stereocenters. The number of hydrogen-bond donors (Lipinski definition) is 0. The van der Waals surface area contributed by atoms with Gasteiger partial charge in [0.15, 0.2) is 5.69 Å². The van der Waals surface area contributed by atoms with Crippen LogP contribution in [-0.2, 0) is 6.18 Å². The van der Waals surface area contributed by atoms with Crippen molar-refractivity contribution >= 4 is 57.3 Å². The maximum absolute atomic E-state index is 12.8. The number of amides is 1. The van der Waals surface area contributed by atoms with Crippen molar-refractivity contribution in [1.82, 2.24) is 4.90 Å². The van der Waals surface area contributed by atoms with Crippen molar-refractivity contribution < 1.29 is 27.8 Å². The van der Waals surface area contributed by atoms with E-state index >= 15 is 0 Å². The van der Waals surface area contributed by atoms with Gasteiger partial charge >= 0.3 is 6.18 Å². The Labute approximate surface area is 234 Å². The summed E-state index contributed by atoms with van der Waals surface area (Å²) in [7, 11) is 0. The summed E-state index contributed by atoms with van der Waals surface area (Å²) < 4.78 is 38.5. The first kappa shape index (κ1) is 35.8. The summed E-state index contributed by atoms with van der Waals surface area (Å²) in [6.45, 7) is 12.1. The van der Waals surface area contributed by atoms with E-state index in [0.29, 0.717) is 35.8 Å². The number of nitro groups is 2. The van der Waals surface area contributed by atoms with Crippen molar-refractivity contribution in [2.45, 2.75) is 72.6 Å². The molecule has 1 amide bonds. The van der Waals surface area contributed by atoms with Gasteiger partial charge in [0.1, 0.15) is 0 Å². The van der Waals surface area contributed by atoms with E-state index in [1.54, 1.807) is 13.8 Å². The molecule has 1 rings (SSSR count). The second-order valence-electron chi connectivity index (χ2n) is 8.57. The normalized spacial score (nSPS) is 11.8. The Morgan fingerprint density at radius 3 is 1.74 bits per heavy atom. The second kappa shape index (κ2) is 16.7. The minimum Gasteiger partial charge on any atom is -0.360 e. The van der Waals surface area contributed by atoms with Crippen molar-refractivity contribution in [2.75, 3.05) is 23.7 Å². The van der Waals surface area contributed by atoms with E-state index in [9.17, 15) is 38.2 Å². The number of carbonyl (C=O) groups is 1. The largest absolute Gasteiger partial charge is 0.416 e. The Bertz CT molecular complexity index is 945. The molecule has 0 aromatic heterocycles. The quantitative estimate of drug-likeness (QED) is 0.184. The highest BCUT2D eigenvalue weighted by Crippen LogP contribution is 2.43. The average Bonchev–Trinajstić information content (AvgIpc) is 2.80. The van der Waals surface area contributed by atoms with Gasteiger partial charge in [0.25, 0.3) is 16.6 Å². The Balaban J connectivity index is 0.000000793. The monoisotopic (exact) mass is 604 g/mol. The number of carbonyl (C=O) groups excluding carboxylic acids is 1. The highest BCUT2D eigenvalue weighted by Gasteiger charge is 2.39. The van der Waals surface area contributed by atoms with Crippen molar-refractivity contribution in [1.29, 1.82) is 0 Å². The minimum absolute atomic E-state index is 0.0386. The number of benzene rings is 1. The summed E-state index contributed by atoms with van der Waals surface area (Å²) in [5.41, 5.74) is -2.32. The van der Waals surface area contributed by atoms with Gasteiger partial charge in [-0.15, -0.1) is 0 Å². The maximum atomic E-state index is 12.8. The van der Waals surface area contributed by atoms with Crippen LogP contribution in [0.5, 0.6) is 0 Å². The van der Waals surface area contributed by atoms with Gasteiger partial charge in [0, 0.05) is 53.6 Å². The molecule has 0 bridgehead atoms. The summed E-state index contributed by atoms with van der Waals surface area (Å²) in [5, 5.41) is 22.9. The number of anilines is 1. The number of alkyl halides is 3. The van der Waals surface area contributed by atoms with Gasteiger partial charge in [-0.25, -0.2) is 0 Å². The standard InChI is InChI=1S/C13H16F3N3O4.C10H17Cl2NOS/c1-3-5-17(6-4-2)12-10(18(20)21)7-9(13(14,15)16)8-11(12)19(22)23;1-7(2)13(8(3)4)10(14)15-6-9(12)5-11/h7-8H,3-6H2,1-2H3;5,7-8H,6H2,1-4H3. The minimum atomic E-state index is -4.91. The molecule has 0 aliphatic carbocycles. The van der Waals surface area contributed by atoms with Crippen molar-refractivity contribution in [3.63, 3.8) is 0 Å². The van der Waals surface area contributed by atoms with Crippen LogP contribution < -0.4 is 4.90 Å². The second-order valence-corrected chi connectivity index (χ2v) is 10.2. The fourth-order valence-electron chi connectivity index (χ4n) is 3.50. The Kier molecular flexibility index (Phi) is 15.7. The molecule has 0 saturated carbocycles. The van der Waals surface area contributed by atoms with Crippen molar-refractivity contribution in [3.05, 3.63) is 48.5 Å². The molecule has 9 nitrogen and oxygen atoms in total. The van der Waals surface area contributed by atoms with E-state index < -0.39 is 33.0 Å². The van der Waals surface area contributed by atoms with Crippen LogP contribution in [0.25, 0.3) is 0 Å². The average molecular weight is 606 g/mol. The summed E-state index contributed by atoms with van der Waals surface area (Å²) in [6, 6.07) is 1.09. The Morgan fingerprint density at radius 1 is 1.03 bits per heavy atom. The fraction of sp³-hybridized carbons (Fsp3) is 0.609. The predicted molar refractivity (Wildman–Crippen MR) is 147 cm³/mol. The molecule has 0 heterocycles. The van der Waals surface area contributed by atoms with E-state index in [-0.39, 0.29) is 36.1 Å². The SMILES string of the molecule is CC(C)N(C(=O)SCC(Cl)=CCl)C(C)C.CCCN(CCC)c1c([N+](=O)[O-])cc(C(F)(F)F)cc1[N+](=O)[O-]. The van der Waals surface area contributed by atoms with Gasteiger partial charge in [0.05, 0.1) is 15.4 Å². The van der Waals surface area contributed by atoms with Gasteiger partial charge < -0.3 is 9.80 Å². The molecular weight excluding hydrogens is 572 g/mol. The van der Waals surface area contributed by atoms with E-state index in [1.165, 1.54) is 22.2 Å². The van der Waals surface area contributed by atoms with Crippen LogP contribution in [0.1, 0.15) is 59.9 Å². The highest BCUT2D eigenvalue weighted by atomic mass is 35.5. The summed E-state index contributed by atoms with van der Waals surface area (Å²) in [4.78, 5) is 35.3. The van der Waals surface area contributed by atoms with Gasteiger partial charge in [0.2, 0.25) is 0 Å². The number of nitrogens with zero attached hydrogens (tertiary/aromatic N) is 4. The van der Waals surface area contributed by atoms with Crippen LogP contribution in [0.3, 0.4) is 0 Å². The molecule has 0 aliphatic heterocycles. The van der Waals surface area contributed by atoms with Crippen LogP contribution >= 0.6 is 35.0 Å². The van der Waals surface area contributed by atoms with Crippen molar-refractivity contribution in [2.24, 2.45) is 0 Å². The van der Waals surface area contributed by atoms with Crippen LogP contribution in [0, 0.1) is 20.2 Å². The summed E-state index contributed by atoms with van der Waals surface area (Å²) in [6.07, 6.45) is -3.83. The Morgan fingerprint density at radius 2 is 1.45 bits per heavy atom. The Hall–Kier alpha value is -2.25. The molecule has 15 heteroatoms. The van der Waals surface area contributed by atoms with E-state index in [0.717, 1.165) is 0 Å². The molecular formula is C23H33Cl2F3N4O5S. The molecule has 216 valence electrons. The number of nitro benzene ring substituents is 2. The number of rotatable bonds is 11. The number of halogens is 5. The van der Waals surface area contributed by atoms with E-state index in [2.05, 4.69) is 0 Å². The van der Waals surface area contributed by atoms with E-state index in [1.807, 2.05) is 32.6 Å². The topological polar surface area (TPSA) is 110 Å². The lowest BCUT2D eigenvalue weighted by Gasteiger charge is -2.30. The lowest BCUT2D eigenvalue weighted by Crippen LogP contribution is -2.39. The smallest absolute Gasteiger partial charge is 0.360 e. The van der Waals surface area contributed by atoms with Gasteiger partial charge in [-0.3, -0.25) is 25.0 Å². The fourth-order valence-corrected chi connectivity index (χ4v) is 4.75. The third-order valence-electron chi connectivity index (χ3n) is 4.87. The first-order valence-corrected chi connectivity index (χ1v) is 13.5. The van der Waals surface area contributed by atoms with Gasteiger partial charge in [-0.2, -0.15) is 13.2 Å². The van der Waals surface area contributed by atoms with Crippen molar-refractivity contribution in [3.8, 4) is 0 Å². The first-order chi connectivity index (χ1) is 17.5. The molecule has 38 heavy (non-hydrogen) atoms. The zero-order valence-electron chi connectivity index (χ0n) is 22.1. The molecule has 0 radical (unpaired) electrons. The molecule has 0 unspecified atom stereocenters. The van der Waals surface area contributed by atoms with Gasteiger partial charge in [-0.05, 0) is 40.5 Å². The highest BCUT2D eigenvalue weighted by molar-refractivity contribution is 8.13. The first-order valence-electron chi connectivity index (χ1n) is 11.7. The van der Waals surface area contributed by atoms with E-state index in [4.69, 9.17) is 23.2 Å². The molecule has 0 aliphatic rings.